The molecule has 2 amide bonds. The number of carbonyl (C=O) groups excluding carboxylic acids is 2. The van der Waals surface area contributed by atoms with E-state index >= 15 is 0 Å². The standard InChI is InChI=1S/C28H26N2O4S2/c1-4-33-22-11-9-21(10-12-22)29-26(31)17-34-23-7-5-6-20(15-23)16-25-27(32)30(28(35)36-25)24-13-8-18(2)14-19(24)3/h5-16H,4,17H2,1-3H3,(H,29,31)/b25-16-. The SMILES string of the molecule is CCOc1ccc(NC(=O)COc2cccc(/C=C3\SC(=S)N(c4ccc(C)cc4C)C3=O)c2)cc1. The highest BCUT2D eigenvalue weighted by molar-refractivity contribution is 8.27. The van der Waals surface area contributed by atoms with Crippen LogP contribution in [0.2, 0.25) is 0 Å². The molecule has 1 aliphatic heterocycles. The Balaban J connectivity index is 1.40. The Hall–Kier alpha value is -3.62. The number of thiocarbonyl (C=S) groups is 1. The van der Waals surface area contributed by atoms with E-state index in [-0.39, 0.29) is 18.4 Å². The minimum absolute atomic E-state index is 0.147. The van der Waals surface area contributed by atoms with Crippen LogP contribution in [-0.4, -0.2) is 29.3 Å². The van der Waals surface area contributed by atoms with Crippen molar-refractivity contribution < 1.29 is 19.1 Å². The van der Waals surface area contributed by atoms with Gasteiger partial charge in [0.15, 0.2) is 10.9 Å². The van der Waals surface area contributed by atoms with Gasteiger partial charge in [0.1, 0.15) is 11.5 Å². The molecule has 0 bridgehead atoms. The number of thioether (sulfide) groups is 1. The summed E-state index contributed by atoms with van der Waals surface area (Å²) in [6.45, 7) is 6.33. The quantitative estimate of drug-likeness (QED) is 0.286. The van der Waals surface area contributed by atoms with Crippen LogP contribution in [0.4, 0.5) is 11.4 Å². The van der Waals surface area contributed by atoms with Gasteiger partial charge >= 0.3 is 0 Å². The molecular formula is C28H26N2O4S2. The lowest BCUT2D eigenvalue weighted by Crippen LogP contribution is -2.28. The number of aryl methyl sites for hydroxylation is 2. The summed E-state index contributed by atoms with van der Waals surface area (Å²) in [4.78, 5) is 27.6. The van der Waals surface area contributed by atoms with Crippen LogP contribution < -0.4 is 19.7 Å². The third-order valence-electron chi connectivity index (χ3n) is 5.36. The number of amides is 2. The molecule has 0 radical (unpaired) electrons. The van der Waals surface area contributed by atoms with Gasteiger partial charge in [-0.25, -0.2) is 0 Å². The number of benzene rings is 3. The Bertz CT molecular complexity index is 1340. The van der Waals surface area contributed by atoms with Crippen molar-refractivity contribution in [2.24, 2.45) is 0 Å². The van der Waals surface area contributed by atoms with Crippen molar-refractivity contribution in [3.05, 3.63) is 88.3 Å². The molecule has 184 valence electrons. The fourth-order valence-corrected chi connectivity index (χ4v) is 5.01. The van der Waals surface area contributed by atoms with Crippen molar-refractivity contribution >= 4 is 57.6 Å². The second kappa shape index (κ2) is 11.4. The maximum atomic E-state index is 13.1. The Kier molecular flexibility index (Phi) is 8.07. The highest BCUT2D eigenvalue weighted by Crippen LogP contribution is 2.37. The maximum absolute atomic E-state index is 13.1. The van der Waals surface area contributed by atoms with E-state index in [0.29, 0.717) is 27.3 Å². The summed E-state index contributed by atoms with van der Waals surface area (Å²) in [5.41, 5.74) is 4.35. The lowest BCUT2D eigenvalue weighted by atomic mass is 10.1. The van der Waals surface area contributed by atoms with E-state index < -0.39 is 0 Å². The minimum Gasteiger partial charge on any atom is -0.494 e. The zero-order valence-corrected chi connectivity index (χ0v) is 21.9. The molecule has 0 atom stereocenters. The topological polar surface area (TPSA) is 67.9 Å². The first-order valence-corrected chi connectivity index (χ1v) is 12.7. The summed E-state index contributed by atoms with van der Waals surface area (Å²) in [7, 11) is 0. The Morgan fingerprint density at radius 1 is 1.03 bits per heavy atom. The summed E-state index contributed by atoms with van der Waals surface area (Å²) in [5, 5.41) is 2.79. The van der Waals surface area contributed by atoms with Crippen LogP contribution in [-0.2, 0) is 9.59 Å². The number of hydrogen-bond acceptors (Lipinski definition) is 6. The lowest BCUT2D eigenvalue weighted by Gasteiger charge is -2.17. The molecule has 1 fully saturated rings. The molecule has 1 aliphatic rings. The first-order chi connectivity index (χ1) is 17.3. The summed E-state index contributed by atoms with van der Waals surface area (Å²) < 4.78 is 11.6. The van der Waals surface area contributed by atoms with Gasteiger partial charge in [-0.2, -0.15) is 0 Å². The number of anilines is 2. The van der Waals surface area contributed by atoms with Crippen LogP contribution in [0.25, 0.3) is 6.08 Å². The molecule has 0 unspecified atom stereocenters. The molecule has 0 aliphatic carbocycles. The van der Waals surface area contributed by atoms with Crippen LogP contribution in [0.1, 0.15) is 23.6 Å². The second-order valence-electron chi connectivity index (χ2n) is 8.17. The van der Waals surface area contributed by atoms with E-state index in [1.54, 1.807) is 47.4 Å². The molecule has 6 nitrogen and oxygen atoms in total. The van der Waals surface area contributed by atoms with Gasteiger partial charge < -0.3 is 14.8 Å². The first kappa shape index (κ1) is 25.5. The van der Waals surface area contributed by atoms with Crippen LogP contribution in [0.15, 0.2) is 71.6 Å². The summed E-state index contributed by atoms with van der Waals surface area (Å²) >= 11 is 6.78. The normalized spacial score (nSPS) is 14.3. The third kappa shape index (κ3) is 6.13. The lowest BCUT2D eigenvalue weighted by molar-refractivity contribution is -0.118. The average molecular weight is 519 g/mol. The van der Waals surface area contributed by atoms with Crippen LogP contribution in [0, 0.1) is 13.8 Å². The van der Waals surface area contributed by atoms with Gasteiger partial charge in [0.2, 0.25) is 0 Å². The van der Waals surface area contributed by atoms with Crippen molar-refractivity contribution in [1.29, 1.82) is 0 Å². The zero-order chi connectivity index (χ0) is 25.7. The molecule has 4 rings (SSSR count). The van der Waals surface area contributed by atoms with E-state index in [4.69, 9.17) is 21.7 Å². The number of ether oxygens (including phenoxy) is 2. The smallest absolute Gasteiger partial charge is 0.270 e. The number of rotatable bonds is 8. The van der Waals surface area contributed by atoms with Crippen LogP contribution in [0.5, 0.6) is 11.5 Å². The zero-order valence-electron chi connectivity index (χ0n) is 20.2. The fraction of sp³-hybridized carbons (Fsp3) is 0.179. The number of hydrogen-bond donors (Lipinski definition) is 1. The molecule has 0 spiro atoms. The number of nitrogens with one attached hydrogen (secondary N) is 1. The predicted molar refractivity (Wildman–Crippen MR) is 150 cm³/mol. The van der Waals surface area contributed by atoms with Gasteiger partial charge in [0.25, 0.3) is 11.8 Å². The van der Waals surface area contributed by atoms with Gasteiger partial charge in [-0.1, -0.05) is 53.8 Å². The summed E-state index contributed by atoms with van der Waals surface area (Å²) in [6, 6.07) is 20.3. The summed E-state index contributed by atoms with van der Waals surface area (Å²) in [6.07, 6.45) is 1.79. The molecule has 0 saturated carbocycles. The van der Waals surface area contributed by atoms with Crippen LogP contribution >= 0.6 is 24.0 Å². The summed E-state index contributed by atoms with van der Waals surface area (Å²) in [5.74, 6) is 0.835. The van der Waals surface area contributed by atoms with Crippen LogP contribution in [0.3, 0.4) is 0 Å². The Morgan fingerprint density at radius 2 is 1.81 bits per heavy atom. The monoisotopic (exact) mass is 518 g/mol. The number of nitrogens with zero attached hydrogens (tertiary/aromatic N) is 1. The van der Waals surface area contributed by atoms with Gasteiger partial charge in [-0.05, 0) is 80.4 Å². The molecule has 8 heteroatoms. The van der Waals surface area contributed by atoms with E-state index in [2.05, 4.69) is 5.32 Å². The van der Waals surface area contributed by atoms with Crippen molar-refractivity contribution in [3.8, 4) is 11.5 Å². The molecule has 36 heavy (non-hydrogen) atoms. The van der Waals surface area contributed by atoms with Gasteiger partial charge in [-0.15, -0.1) is 0 Å². The van der Waals surface area contributed by atoms with E-state index in [1.165, 1.54) is 11.8 Å². The fourth-order valence-electron chi connectivity index (χ4n) is 3.72. The van der Waals surface area contributed by atoms with Crippen molar-refractivity contribution in [2.75, 3.05) is 23.4 Å². The Morgan fingerprint density at radius 3 is 2.53 bits per heavy atom. The molecular weight excluding hydrogens is 492 g/mol. The second-order valence-corrected chi connectivity index (χ2v) is 9.85. The maximum Gasteiger partial charge on any atom is 0.270 e. The minimum atomic E-state index is -0.279. The third-order valence-corrected chi connectivity index (χ3v) is 6.66. The highest BCUT2D eigenvalue weighted by atomic mass is 32.2. The Labute approximate surface area is 220 Å². The molecule has 3 aromatic rings. The van der Waals surface area contributed by atoms with Gasteiger partial charge in [0.05, 0.1) is 17.2 Å². The largest absolute Gasteiger partial charge is 0.494 e. The predicted octanol–water partition coefficient (Wildman–Crippen LogP) is 6.13. The highest BCUT2D eigenvalue weighted by Gasteiger charge is 2.34. The van der Waals surface area contributed by atoms with E-state index in [0.717, 1.165) is 28.1 Å². The first-order valence-electron chi connectivity index (χ1n) is 11.4. The van der Waals surface area contributed by atoms with Crippen molar-refractivity contribution in [3.63, 3.8) is 0 Å². The molecule has 1 heterocycles. The number of carbonyl (C=O) groups is 2. The van der Waals surface area contributed by atoms with Gasteiger partial charge in [-0.3, -0.25) is 14.5 Å². The molecule has 1 saturated heterocycles. The van der Waals surface area contributed by atoms with E-state index in [1.807, 2.05) is 51.1 Å². The van der Waals surface area contributed by atoms with Crippen molar-refractivity contribution in [2.45, 2.75) is 20.8 Å². The average Bonchev–Trinajstić information content (AvgIpc) is 3.12. The van der Waals surface area contributed by atoms with E-state index in [9.17, 15) is 9.59 Å². The molecule has 0 aromatic heterocycles. The molecule has 1 N–H and O–H groups in total. The van der Waals surface area contributed by atoms with Crippen molar-refractivity contribution in [1.82, 2.24) is 0 Å². The molecule has 3 aromatic carbocycles. The van der Waals surface area contributed by atoms with Gasteiger partial charge in [0, 0.05) is 5.69 Å².